The SMILES string of the molecule is O=C(Nc1cc(-c2ccc3ccn(Cc4ccccc4)c3c2)n[nH]1)c1ccc(N2CCOCC2)cc1. The Hall–Kier alpha value is -4.36. The van der Waals surface area contributed by atoms with Crippen LogP contribution in [-0.2, 0) is 11.3 Å². The number of carbonyl (C=O) groups is 1. The van der Waals surface area contributed by atoms with Gasteiger partial charge >= 0.3 is 0 Å². The summed E-state index contributed by atoms with van der Waals surface area (Å²) in [4.78, 5) is 15.1. The Kier molecular flexibility index (Phi) is 5.97. The molecule has 3 aromatic carbocycles. The number of anilines is 2. The minimum Gasteiger partial charge on any atom is -0.378 e. The smallest absolute Gasteiger partial charge is 0.256 e. The highest BCUT2D eigenvalue weighted by Gasteiger charge is 2.14. The van der Waals surface area contributed by atoms with Crippen LogP contribution in [0.3, 0.4) is 0 Å². The molecule has 0 atom stereocenters. The quantitative estimate of drug-likeness (QED) is 0.354. The summed E-state index contributed by atoms with van der Waals surface area (Å²) in [6.07, 6.45) is 2.11. The normalized spacial score (nSPS) is 13.7. The molecule has 0 aliphatic carbocycles. The van der Waals surface area contributed by atoms with Crippen LogP contribution in [0.5, 0.6) is 0 Å². The van der Waals surface area contributed by atoms with Gasteiger partial charge in [0.15, 0.2) is 0 Å². The zero-order valence-electron chi connectivity index (χ0n) is 19.9. The molecule has 6 rings (SSSR count). The summed E-state index contributed by atoms with van der Waals surface area (Å²) >= 11 is 0. The highest BCUT2D eigenvalue weighted by atomic mass is 16.5. The molecule has 3 heterocycles. The fraction of sp³-hybridized carbons (Fsp3) is 0.172. The number of fused-ring (bicyclic) bond motifs is 1. The van der Waals surface area contributed by atoms with E-state index in [1.165, 1.54) is 10.9 Å². The van der Waals surface area contributed by atoms with Gasteiger partial charge < -0.3 is 19.5 Å². The molecule has 0 spiro atoms. The second-order valence-electron chi connectivity index (χ2n) is 8.97. The van der Waals surface area contributed by atoms with Gasteiger partial charge in [0.2, 0.25) is 0 Å². The van der Waals surface area contributed by atoms with Gasteiger partial charge in [-0.3, -0.25) is 9.89 Å². The number of carbonyl (C=O) groups excluding carboxylic acids is 1. The number of H-pyrrole nitrogens is 1. The van der Waals surface area contributed by atoms with Crippen LogP contribution in [-0.4, -0.2) is 47.0 Å². The molecule has 7 heteroatoms. The number of amides is 1. The van der Waals surface area contributed by atoms with Gasteiger partial charge in [-0.1, -0.05) is 42.5 Å². The van der Waals surface area contributed by atoms with Crippen molar-refractivity contribution in [1.29, 1.82) is 0 Å². The standard InChI is InChI=1S/C29H27N5O2/c35-29(23-8-10-25(11-9-23)33-14-16-36-17-15-33)30-28-19-26(31-32-28)24-7-6-22-12-13-34(27(22)18-24)20-21-4-2-1-3-5-21/h1-13,18-19H,14-17,20H2,(H2,30,31,32,35). The van der Waals surface area contributed by atoms with E-state index in [9.17, 15) is 4.79 Å². The van der Waals surface area contributed by atoms with Crippen LogP contribution in [0.2, 0.25) is 0 Å². The van der Waals surface area contributed by atoms with E-state index in [0.29, 0.717) is 11.4 Å². The topological polar surface area (TPSA) is 75.2 Å². The number of benzene rings is 3. The van der Waals surface area contributed by atoms with Crippen molar-refractivity contribution in [2.24, 2.45) is 0 Å². The number of rotatable bonds is 6. The molecule has 5 aromatic rings. The van der Waals surface area contributed by atoms with Crippen LogP contribution < -0.4 is 10.2 Å². The maximum Gasteiger partial charge on any atom is 0.256 e. The number of hydrogen-bond donors (Lipinski definition) is 2. The van der Waals surface area contributed by atoms with E-state index in [4.69, 9.17) is 4.74 Å². The van der Waals surface area contributed by atoms with Crippen LogP contribution in [0.4, 0.5) is 11.5 Å². The molecule has 0 unspecified atom stereocenters. The number of hydrogen-bond acceptors (Lipinski definition) is 4. The molecule has 0 bridgehead atoms. The van der Waals surface area contributed by atoms with Gasteiger partial charge in [0.1, 0.15) is 5.82 Å². The van der Waals surface area contributed by atoms with Crippen LogP contribution in [0.25, 0.3) is 22.2 Å². The average Bonchev–Trinajstić information content (AvgIpc) is 3.57. The summed E-state index contributed by atoms with van der Waals surface area (Å²) in [5.74, 6) is 0.387. The molecule has 0 radical (unpaired) electrons. The van der Waals surface area contributed by atoms with Crippen molar-refractivity contribution in [3.05, 3.63) is 102 Å². The Balaban J connectivity index is 1.16. The first-order chi connectivity index (χ1) is 17.7. The van der Waals surface area contributed by atoms with Gasteiger partial charge in [-0.15, -0.1) is 0 Å². The molecule has 0 saturated carbocycles. The summed E-state index contributed by atoms with van der Waals surface area (Å²) in [6.45, 7) is 4.00. The van der Waals surface area contributed by atoms with Gasteiger partial charge in [-0.05, 0) is 47.3 Å². The lowest BCUT2D eigenvalue weighted by Crippen LogP contribution is -2.36. The Morgan fingerprint density at radius 3 is 2.56 bits per heavy atom. The van der Waals surface area contributed by atoms with E-state index < -0.39 is 0 Å². The van der Waals surface area contributed by atoms with Crippen molar-refractivity contribution in [2.45, 2.75) is 6.54 Å². The lowest BCUT2D eigenvalue weighted by atomic mass is 10.1. The zero-order chi connectivity index (χ0) is 24.3. The first-order valence-corrected chi connectivity index (χ1v) is 12.2. The van der Waals surface area contributed by atoms with E-state index in [0.717, 1.165) is 55.3 Å². The third-order valence-corrected chi connectivity index (χ3v) is 6.60. The Bertz CT molecular complexity index is 1480. The van der Waals surface area contributed by atoms with Crippen molar-refractivity contribution in [3.8, 4) is 11.3 Å². The van der Waals surface area contributed by atoms with Gasteiger partial charge in [0.25, 0.3) is 5.91 Å². The molecule has 1 amide bonds. The van der Waals surface area contributed by atoms with E-state index in [1.54, 1.807) is 0 Å². The first kappa shape index (κ1) is 22.1. The van der Waals surface area contributed by atoms with Gasteiger partial charge in [-0.2, -0.15) is 5.10 Å². The third-order valence-electron chi connectivity index (χ3n) is 6.60. The van der Waals surface area contributed by atoms with Crippen LogP contribution in [0, 0.1) is 0 Å². The molecule has 2 aromatic heterocycles. The zero-order valence-corrected chi connectivity index (χ0v) is 19.9. The van der Waals surface area contributed by atoms with Crippen molar-refractivity contribution < 1.29 is 9.53 Å². The summed E-state index contributed by atoms with van der Waals surface area (Å²) in [5.41, 5.74) is 5.87. The molecule has 2 N–H and O–H groups in total. The Labute approximate surface area is 209 Å². The number of aromatic amines is 1. The van der Waals surface area contributed by atoms with Crippen molar-refractivity contribution in [3.63, 3.8) is 0 Å². The Morgan fingerprint density at radius 2 is 1.75 bits per heavy atom. The second-order valence-corrected chi connectivity index (χ2v) is 8.97. The van der Waals surface area contributed by atoms with E-state index in [2.05, 4.69) is 79.7 Å². The summed E-state index contributed by atoms with van der Waals surface area (Å²) in [6, 6.07) is 28.4. The number of aromatic nitrogens is 3. The number of ether oxygens (including phenoxy) is 1. The number of nitrogens with one attached hydrogen (secondary N) is 2. The van der Waals surface area contributed by atoms with Crippen LogP contribution >= 0.6 is 0 Å². The summed E-state index contributed by atoms with van der Waals surface area (Å²) in [7, 11) is 0. The van der Waals surface area contributed by atoms with Crippen molar-refractivity contribution in [1.82, 2.24) is 14.8 Å². The number of morpholine rings is 1. The molecular formula is C29H27N5O2. The lowest BCUT2D eigenvalue weighted by molar-refractivity contribution is 0.102. The molecular weight excluding hydrogens is 450 g/mol. The first-order valence-electron chi connectivity index (χ1n) is 12.2. The second kappa shape index (κ2) is 9.71. The molecule has 1 fully saturated rings. The largest absolute Gasteiger partial charge is 0.378 e. The minimum absolute atomic E-state index is 0.175. The summed E-state index contributed by atoms with van der Waals surface area (Å²) < 4.78 is 7.65. The van der Waals surface area contributed by atoms with Crippen molar-refractivity contribution >= 4 is 28.3 Å². The minimum atomic E-state index is -0.175. The van der Waals surface area contributed by atoms with Gasteiger partial charge in [-0.25, -0.2) is 0 Å². The highest BCUT2D eigenvalue weighted by molar-refractivity contribution is 6.04. The predicted molar refractivity (Wildman–Crippen MR) is 142 cm³/mol. The van der Waals surface area contributed by atoms with E-state index in [-0.39, 0.29) is 5.91 Å². The molecule has 1 saturated heterocycles. The average molecular weight is 478 g/mol. The van der Waals surface area contributed by atoms with Crippen LogP contribution in [0.1, 0.15) is 15.9 Å². The van der Waals surface area contributed by atoms with E-state index in [1.807, 2.05) is 36.4 Å². The monoisotopic (exact) mass is 477 g/mol. The molecule has 36 heavy (non-hydrogen) atoms. The van der Waals surface area contributed by atoms with E-state index >= 15 is 0 Å². The maximum atomic E-state index is 12.8. The summed E-state index contributed by atoms with van der Waals surface area (Å²) in [5, 5.41) is 11.5. The predicted octanol–water partition coefficient (Wildman–Crippen LogP) is 5.17. The Morgan fingerprint density at radius 1 is 0.944 bits per heavy atom. The number of nitrogens with zero attached hydrogens (tertiary/aromatic N) is 3. The lowest BCUT2D eigenvalue weighted by Gasteiger charge is -2.28. The van der Waals surface area contributed by atoms with Gasteiger partial charge in [0.05, 0.1) is 18.9 Å². The molecule has 180 valence electrons. The third kappa shape index (κ3) is 4.61. The molecule has 1 aliphatic rings. The molecule has 1 aliphatic heterocycles. The fourth-order valence-corrected chi connectivity index (χ4v) is 4.63. The molecule has 7 nitrogen and oxygen atoms in total. The highest BCUT2D eigenvalue weighted by Crippen LogP contribution is 2.26. The van der Waals surface area contributed by atoms with Crippen LogP contribution in [0.15, 0.2) is 91.1 Å². The van der Waals surface area contributed by atoms with Gasteiger partial charge in [0, 0.05) is 54.2 Å². The maximum absolute atomic E-state index is 12.8. The van der Waals surface area contributed by atoms with Crippen molar-refractivity contribution in [2.75, 3.05) is 36.5 Å². The fourth-order valence-electron chi connectivity index (χ4n) is 4.63.